The van der Waals surface area contributed by atoms with E-state index in [2.05, 4.69) is 10.0 Å². The average molecular weight is 423 g/mol. The molecule has 8 heteroatoms. The number of para-hydroxylation sites is 1. The maximum Gasteiger partial charge on any atom is 0.261 e. The molecule has 0 atom stereocenters. The van der Waals surface area contributed by atoms with E-state index in [0.717, 1.165) is 5.56 Å². The van der Waals surface area contributed by atoms with Crippen molar-refractivity contribution < 1.29 is 18.0 Å². The number of primary amides is 1. The topological polar surface area (TPSA) is 118 Å². The molecule has 2 amide bonds. The molecule has 3 aromatic rings. The van der Waals surface area contributed by atoms with Crippen LogP contribution in [0.15, 0.2) is 71.6 Å². The van der Waals surface area contributed by atoms with Gasteiger partial charge in [-0.2, -0.15) is 0 Å². The van der Waals surface area contributed by atoms with E-state index in [1.54, 1.807) is 37.3 Å². The zero-order chi connectivity index (χ0) is 21.9. The number of nitrogens with two attached hydrogens (primary N) is 1. The molecule has 3 rings (SSSR count). The Morgan fingerprint density at radius 1 is 0.867 bits per heavy atom. The van der Waals surface area contributed by atoms with E-state index in [1.165, 1.54) is 24.3 Å². The lowest BCUT2D eigenvalue weighted by Gasteiger charge is -2.11. The van der Waals surface area contributed by atoms with Gasteiger partial charge in [0.15, 0.2) is 0 Å². The first-order valence-electron chi connectivity index (χ1n) is 9.08. The quantitative estimate of drug-likeness (QED) is 0.563. The second kappa shape index (κ2) is 8.38. The van der Waals surface area contributed by atoms with Crippen molar-refractivity contribution >= 4 is 33.2 Å². The van der Waals surface area contributed by atoms with Gasteiger partial charge in [-0.25, -0.2) is 8.42 Å². The highest BCUT2D eigenvalue weighted by atomic mass is 32.2. The van der Waals surface area contributed by atoms with E-state index in [9.17, 15) is 18.0 Å². The van der Waals surface area contributed by atoms with Gasteiger partial charge in [-0.3, -0.25) is 14.3 Å². The van der Waals surface area contributed by atoms with Crippen molar-refractivity contribution in [2.45, 2.75) is 18.7 Å². The van der Waals surface area contributed by atoms with Crippen LogP contribution in [0.2, 0.25) is 0 Å². The lowest BCUT2D eigenvalue weighted by Crippen LogP contribution is -2.16. The molecule has 0 aromatic heterocycles. The SMILES string of the molecule is Cc1ccccc1NS(=O)(=O)c1ccc(C(=O)Nc2ccc(C(N)=O)c(C)c2)cc1. The monoisotopic (exact) mass is 423 g/mol. The van der Waals surface area contributed by atoms with Crippen LogP contribution in [0.1, 0.15) is 31.8 Å². The molecule has 0 aliphatic carbocycles. The predicted molar refractivity (Wildman–Crippen MR) is 116 cm³/mol. The molecular formula is C22H21N3O4S. The van der Waals surface area contributed by atoms with E-state index >= 15 is 0 Å². The maximum atomic E-state index is 12.6. The summed E-state index contributed by atoms with van der Waals surface area (Å²) >= 11 is 0. The number of carbonyl (C=O) groups excluding carboxylic acids is 2. The van der Waals surface area contributed by atoms with Crippen molar-refractivity contribution in [1.82, 2.24) is 0 Å². The van der Waals surface area contributed by atoms with Gasteiger partial charge >= 0.3 is 0 Å². The molecule has 0 unspecified atom stereocenters. The fourth-order valence-electron chi connectivity index (χ4n) is 2.90. The number of aryl methyl sites for hydroxylation is 2. The molecular weight excluding hydrogens is 402 g/mol. The van der Waals surface area contributed by atoms with E-state index in [0.29, 0.717) is 28.1 Å². The number of carbonyl (C=O) groups is 2. The van der Waals surface area contributed by atoms with Crippen LogP contribution in [0.3, 0.4) is 0 Å². The van der Waals surface area contributed by atoms with Crippen molar-refractivity contribution in [3.8, 4) is 0 Å². The molecule has 154 valence electrons. The summed E-state index contributed by atoms with van der Waals surface area (Å²) in [5.41, 5.74) is 8.39. The van der Waals surface area contributed by atoms with Gasteiger partial charge in [0.1, 0.15) is 0 Å². The fourth-order valence-corrected chi connectivity index (χ4v) is 4.03. The van der Waals surface area contributed by atoms with E-state index in [4.69, 9.17) is 5.73 Å². The summed E-state index contributed by atoms with van der Waals surface area (Å²) in [5, 5.41) is 2.71. The summed E-state index contributed by atoms with van der Waals surface area (Å²) in [6, 6.07) is 17.4. The molecule has 7 nitrogen and oxygen atoms in total. The standard InChI is InChI=1S/C22H21N3O4S/c1-14-5-3-4-6-20(14)25-30(28,29)18-10-7-16(8-11-18)22(27)24-17-9-12-19(21(23)26)15(2)13-17/h3-13,25H,1-2H3,(H2,23,26)(H,24,27). The van der Waals surface area contributed by atoms with Gasteiger partial charge in [0.25, 0.3) is 15.9 Å². The molecule has 30 heavy (non-hydrogen) atoms. The summed E-state index contributed by atoms with van der Waals surface area (Å²) in [7, 11) is -3.78. The molecule has 0 saturated carbocycles. The summed E-state index contributed by atoms with van der Waals surface area (Å²) in [5.74, 6) is -0.946. The minimum atomic E-state index is -3.78. The normalized spacial score (nSPS) is 11.0. The minimum Gasteiger partial charge on any atom is -0.366 e. The Morgan fingerprint density at radius 2 is 1.53 bits per heavy atom. The number of sulfonamides is 1. The molecule has 0 saturated heterocycles. The number of anilines is 2. The van der Waals surface area contributed by atoms with E-state index in [-0.39, 0.29) is 4.90 Å². The zero-order valence-electron chi connectivity index (χ0n) is 16.5. The Labute approximate surface area is 175 Å². The van der Waals surface area contributed by atoms with Gasteiger partial charge in [0.05, 0.1) is 10.6 Å². The van der Waals surface area contributed by atoms with Crippen LogP contribution in [0.25, 0.3) is 0 Å². The average Bonchev–Trinajstić information content (AvgIpc) is 2.69. The Bertz CT molecular complexity index is 1220. The number of nitrogens with one attached hydrogen (secondary N) is 2. The first kappa shape index (κ1) is 21.1. The van der Waals surface area contributed by atoms with Crippen molar-refractivity contribution in [1.29, 1.82) is 0 Å². The number of rotatable bonds is 6. The van der Waals surface area contributed by atoms with Crippen LogP contribution in [0.5, 0.6) is 0 Å². The highest BCUT2D eigenvalue weighted by Crippen LogP contribution is 2.20. The highest BCUT2D eigenvalue weighted by molar-refractivity contribution is 7.92. The van der Waals surface area contributed by atoms with Crippen molar-refractivity contribution in [3.05, 3.63) is 89.0 Å². The first-order chi connectivity index (χ1) is 14.2. The molecule has 0 fully saturated rings. The van der Waals surface area contributed by atoms with Crippen LogP contribution < -0.4 is 15.8 Å². The molecule has 0 heterocycles. The van der Waals surface area contributed by atoms with E-state index in [1.807, 2.05) is 19.1 Å². The molecule has 0 aliphatic heterocycles. The minimum absolute atomic E-state index is 0.0453. The third-order valence-electron chi connectivity index (χ3n) is 4.57. The highest BCUT2D eigenvalue weighted by Gasteiger charge is 2.16. The predicted octanol–water partition coefficient (Wildman–Crippen LogP) is 3.46. The lowest BCUT2D eigenvalue weighted by atomic mass is 10.1. The third kappa shape index (κ3) is 4.66. The van der Waals surface area contributed by atoms with Crippen molar-refractivity contribution in [3.63, 3.8) is 0 Å². The van der Waals surface area contributed by atoms with Crippen LogP contribution in [0.4, 0.5) is 11.4 Å². The Morgan fingerprint density at radius 3 is 2.13 bits per heavy atom. The van der Waals surface area contributed by atoms with Gasteiger partial charge < -0.3 is 11.1 Å². The second-order valence-corrected chi connectivity index (χ2v) is 8.48. The van der Waals surface area contributed by atoms with Gasteiger partial charge in [-0.1, -0.05) is 18.2 Å². The number of hydrogen-bond acceptors (Lipinski definition) is 4. The maximum absolute atomic E-state index is 12.6. The summed E-state index contributed by atoms with van der Waals surface area (Å²) in [6.07, 6.45) is 0. The van der Waals surface area contributed by atoms with Gasteiger partial charge in [-0.15, -0.1) is 0 Å². The smallest absolute Gasteiger partial charge is 0.261 e. The largest absolute Gasteiger partial charge is 0.366 e. The molecule has 0 bridgehead atoms. The fraction of sp³-hybridized carbons (Fsp3) is 0.0909. The van der Waals surface area contributed by atoms with Crippen molar-refractivity contribution in [2.75, 3.05) is 10.0 Å². The molecule has 0 radical (unpaired) electrons. The summed E-state index contributed by atoms with van der Waals surface area (Å²) in [6.45, 7) is 3.53. The molecule has 4 N–H and O–H groups in total. The Kier molecular flexibility index (Phi) is 5.89. The summed E-state index contributed by atoms with van der Waals surface area (Å²) in [4.78, 5) is 23.8. The Balaban J connectivity index is 1.75. The molecule has 0 spiro atoms. The molecule has 3 aromatic carbocycles. The lowest BCUT2D eigenvalue weighted by molar-refractivity contribution is 0.0997. The second-order valence-electron chi connectivity index (χ2n) is 6.79. The van der Waals surface area contributed by atoms with Crippen LogP contribution in [0, 0.1) is 13.8 Å². The number of benzene rings is 3. The van der Waals surface area contributed by atoms with Crippen LogP contribution >= 0.6 is 0 Å². The Hall–Kier alpha value is -3.65. The van der Waals surface area contributed by atoms with Crippen molar-refractivity contribution in [2.24, 2.45) is 5.73 Å². The van der Waals surface area contributed by atoms with Gasteiger partial charge in [0.2, 0.25) is 5.91 Å². The molecule has 0 aliphatic rings. The van der Waals surface area contributed by atoms with Gasteiger partial charge in [-0.05, 0) is 73.5 Å². The number of amides is 2. The van der Waals surface area contributed by atoms with E-state index < -0.39 is 21.8 Å². The van der Waals surface area contributed by atoms with Crippen LogP contribution in [-0.2, 0) is 10.0 Å². The van der Waals surface area contributed by atoms with Crippen LogP contribution in [-0.4, -0.2) is 20.2 Å². The third-order valence-corrected chi connectivity index (χ3v) is 5.95. The summed E-state index contributed by atoms with van der Waals surface area (Å²) < 4.78 is 27.7. The number of hydrogen-bond donors (Lipinski definition) is 3. The van der Waals surface area contributed by atoms with Gasteiger partial charge in [0, 0.05) is 16.8 Å². The zero-order valence-corrected chi connectivity index (χ0v) is 17.3. The first-order valence-corrected chi connectivity index (χ1v) is 10.6.